The number of carbonyl (C=O) groups excluding carboxylic acids is 3. The Bertz CT molecular complexity index is 1500. The molecular weight excluding hydrogens is 508 g/mol. The summed E-state index contributed by atoms with van der Waals surface area (Å²) in [6.45, 7) is 9.06. The van der Waals surface area contributed by atoms with Crippen LogP contribution in [0, 0.1) is 5.41 Å². The highest BCUT2D eigenvalue weighted by Gasteiger charge is 2.46. The average Bonchev–Trinajstić information content (AvgIpc) is 3.46. The van der Waals surface area contributed by atoms with Gasteiger partial charge in [0.25, 0.3) is 5.91 Å². The first-order valence-corrected chi connectivity index (χ1v) is 14.3. The standard InChI is InChI=1S/C30H38N6O4/c1-29(2,3)40-28(39)35-13-7-18(8-14-35)19-5-6-20-22(15-19)34-24-21(25(31)37)16-33-26(23(20)24)36-12-4-9-30(17-36)10-11-32-27(30)38/h5-6,15-16,18,34H,4,7-14,17H2,1-3H3,(H2,31,37)(H,32,38). The molecule has 1 atom stereocenters. The first-order chi connectivity index (χ1) is 19.0. The predicted octanol–water partition coefficient (Wildman–Crippen LogP) is 4.04. The zero-order valence-corrected chi connectivity index (χ0v) is 23.5. The van der Waals surface area contributed by atoms with Gasteiger partial charge in [0, 0.05) is 49.8 Å². The maximum absolute atomic E-state index is 12.7. The number of nitrogens with zero attached hydrogens (tertiary/aromatic N) is 3. The summed E-state index contributed by atoms with van der Waals surface area (Å²) in [7, 11) is 0. The lowest BCUT2D eigenvalue weighted by atomic mass is 9.78. The van der Waals surface area contributed by atoms with Crippen molar-refractivity contribution in [3.05, 3.63) is 35.5 Å². The number of aromatic amines is 1. The number of likely N-dealkylation sites (tertiary alicyclic amines) is 1. The van der Waals surface area contributed by atoms with Gasteiger partial charge >= 0.3 is 6.09 Å². The normalized spacial score (nSPS) is 22.3. The smallest absolute Gasteiger partial charge is 0.410 e. The van der Waals surface area contributed by atoms with E-state index in [1.807, 2.05) is 20.8 Å². The van der Waals surface area contributed by atoms with Gasteiger partial charge in [0.05, 0.1) is 21.9 Å². The Kier molecular flexibility index (Phi) is 6.39. The number of piperidine rings is 2. The van der Waals surface area contributed by atoms with Crippen LogP contribution >= 0.6 is 0 Å². The van der Waals surface area contributed by atoms with Crippen LogP contribution in [0.2, 0.25) is 0 Å². The van der Waals surface area contributed by atoms with E-state index in [9.17, 15) is 14.4 Å². The number of anilines is 1. The van der Waals surface area contributed by atoms with Crippen molar-refractivity contribution >= 4 is 45.5 Å². The molecule has 1 aromatic carbocycles. The maximum Gasteiger partial charge on any atom is 0.410 e. The number of nitrogens with two attached hydrogens (primary N) is 1. The molecule has 1 spiro atoms. The van der Waals surface area contributed by atoms with Crippen molar-refractivity contribution in [2.24, 2.45) is 11.1 Å². The van der Waals surface area contributed by atoms with Crippen LogP contribution < -0.4 is 16.0 Å². The minimum atomic E-state index is -0.532. The molecule has 3 aliphatic rings. The summed E-state index contributed by atoms with van der Waals surface area (Å²) in [5.41, 5.74) is 8.01. The largest absolute Gasteiger partial charge is 0.444 e. The van der Waals surface area contributed by atoms with Crippen LogP contribution in [0.5, 0.6) is 0 Å². The van der Waals surface area contributed by atoms with Crippen molar-refractivity contribution in [2.75, 3.05) is 37.6 Å². The minimum Gasteiger partial charge on any atom is -0.444 e. The molecule has 3 amide bonds. The van der Waals surface area contributed by atoms with E-state index in [2.05, 4.69) is 33.4 Å². The van der Waals surface area contributed by atoms with Gasteiger partial charge < -0.3 is 30.6 Å². The number of pyridine rings is 1. The van der Waals surface area contributed by atoms with Crippen LogP contribution in [-0.4, -0.2) is 71.1 Å². The molecule has 3 aromatic rings. The second kappa shape index (κ2) is 9.67. The van der Waals surface area contributed by atoms with E-state index in [0.29, 0.717) is 43.2 Å². The number of ether oxygens (including phenoxy) is 1. The topological polar surface area (TPSA) is 134 Å². The predicted molar refractivity (Wildman–Crippen MR) is 153 cm³/mol. The van der Waals surface area contributed by atoms with Gasteiger partial charge in [-0.3, -0.25) is 9.59 Å². The highest BCUT2D eigenvalue weighted by molar-refractivity contribution is 6.18. The summed E-state index contributed by atoms with van der Waals surface area (Å²) >= 11 is 0. The van der Waals surface area contributed by atoms with Crippen molar-refractivity contribution in [1.29, 1.82) is 0 Å². The molecule has 6 rings (SSSR count). The molecule has 1 unspecified atom stereocenters. The number of primary amides is 1. The molecule has 0 bridgehead atoms. The lowest BCUT2D eigenvalue weighted by molar-refractivity contribution is -0.128. The van der Waals surface area contributed by atoms with Gasteiger partial charge in [0.15, 0.2) is 0 Å². The van der Waals surface area contributed by atoms with Gasteiger partial charge in [-0.05, 0) is 70.4 Å². The quantitative estimate of drug-likeness (QED) is 0.454. The van der Waals surface area contributed by atoms with Crippen LogP contribution in [-0.2, 0) is 9.53 Å². The molecule has 212 valence electrons. The fourth-order valence-electron chi connectivity index (χ4n) is 6.72. The third-order valence-corrected chi connectivity index (χ3v) is 8.76. The van der Waals surface area contributed by atoms with Crippen molar-refractivity contribution < 1.29 is 19.1 Å². The van der Waals surface area contributed by atoms with Crippen molar-refractivity contribution in [2.45, 2.75) is 64.4 Å². The number of fused-ring (bicyclic) bond motifs is 3. The highest BCUT2D eigenvalue weighted by atomic mass is 16.6. The number of H-pyrrole nitrogens is 1. The lowest BCUT2D eigenvalue weighted by Gasteiger charge is -2.39. The van der Waals surface area contributed by atoms with Crippen molar-refractivity contribution in [1.82, 2.24) is 20.2 Å². The first-order valence-electron chi connectivity index (χ1n) is 14.3. The number of rotatable bonds is 3. The Morgan fingerprint density at radius 3 is 2.60 bits per heavy atom. The Morgan fingerprint density at radius 1 is 1.15 bits per heavy atom. The fourth-order valence-corrected chi connectivity index (χ4v) is 6.72. The van der Waals surface area contributed by atoms with Gasteiger partial charge in [0.1, 0.15) is 11.4 Å². The molecule has 5 heterocycles. The fraction of sp³-hybridized carbons (Fsp3) is 0.533. The molecule has 3 fully saturated rings. The molecule has 3 saturated heterocycles. The number of nitrogens with one attached hydrogen (secondary N) is 2. The van der Waals surface area contributed by atoms with Crippen LogP contribution in [0.4, 0.5) is 10.6 Å². The molecule has 10 nitrogen and oxygen atoms in total. The maximum atomic E-state index is 12.7. The summed E-state index contributed by atoms with van der Waals surface area (Å²) in [6, 6.07) is 6.40. The van der Waals surface area contributed by atoms with E-state index in [0.717, 1.165) is 60.8 Å². The van der Waals surface area contributed by atoms with E-state index in [1.165, 1.54) is 5.56 Å². The van der Waals surface area contributed by atoms with Gasteiger partial charge in [0.2, 0.25) is 5.91 Å². The van der Waals surface area contributed by atoms with E-state index in [1.54, 1.807) is 11.1 Å². The molecule has 0 radical (unpaired) electrons. The number of carbonyl (C=O) groups is 3. The highest BCUT2D eigenvalue weighted by Crippen LogP contribution is 2.42. The minimum absolute atomic E-state index is 0.128. The van der Waals surface area contributed by atoms with Crippen molar-refractivity contribution in [3.63, 3.8) is 0 Å². The number of benzene rings is 1. The Hall–Kier alpha value is -3.82. The molecular formula is C30H38N6O4. The van der Waals surface area contributed by atoms with Crippen LogP contribution in [0.25, 0.3) is 21.8 Å². The SMILES string of the molecule is CC(C)(C)OC(=O)N1CCC(c2ccc3c(c2)[nH]c2c(C(N)=O)cnc(N4CCCC5(CCNC5=O)C4)c23)CC1. The van der Waals surface area contributed by atoms with Crippen LogP contribution in [0.1, 0.15) is 74.7 Å². The molecule has 4 N–H and O–H groups in total. The van der Waals surface area contributed by atoms with Gasteiger partial charge in [-0.15, -0.1) is 0 Å². The molecule has 10 heteroatoms. The number of aromatic nitrogens is 2. The zero-order valence-electron chi connectivity index (χ0n) is 23.5. The third-order valence-electron chi connectivity index (χ3n) is 8.76. The van der Waals surface area contributed by atoms with E-state index in [-0.39, 0.29) is 17.4 Å². The van der Waals surface area contributed by atoms with Crippen LogP contribution in [0.15, 0.2) is 24.4 Å². The lowest BCUT2D eigenvalue weighted by Crippen LogP contribution is -2.47. The zero-order chi connectivity index (χ0) is 28.2. The molecule has 0 aliphatic carbocycles. The summed E-state index contributed by atoms with van der Waals surface area (Å²) < 4.78 is 5.55. The molecule has 3 aliphatic heterocycles. The number of hydrogen-bond donors (Lipinski definition) is 3. The van der Waals surface area contributed by atoms with E-state index < -0.39 is 11.5 Å². The third kappa shape index (κ3) is 4.63. The summed E-state index contributed by atoms with van der Waals surface area (Å²) in [6.07, 6.45) is 5.60. The summed E-state index contributed by atoms with van der Waals surface area (Å²) in [4.78, 5) is 49.8. The average molecular weight is 547 g/mol. The van der Waals surface area contributed by atoms with Crippen LogP contribution in [0.3, 0.4) is 0 Å². The van der Waals surface area contributed by atoms with E-state index in [4.69, 9.17) is 15.5 Å². The van der Waals surface area contributed by atoms with Gasteiger partial charge in [-0.25, -0.2) is 9.78 Å². The number of amides is 3. The van der Waals surface area contributed by atoms with E-state index >= 15 is 0 Å². The van der Waals surface area contributed by atoms with Gasteiger partial charge in [-0.2, -0.15) is 0 Å². The molecule has 2 aromatic heterocycles. The second-order valence-corrected chi connectivity index (χ2v) is 12.6. The molecule has 40 heavy (non-hydrogen) atoms. The number of hydrogen-bond acceptors (Lipinski definition) is 6. The monoisotopic (exact) mass is 546 g/mol. The first kappa shape index (κ1) is 26.4. The van der Waals surface area contributed by atoms with Gasteiger partial charge in [-0.1, -0.05) is 12.1 Å². The second-order valence-electron chi connectivity index (χ2n) is 12.6. The summed E-state index contributed by atoms with van der Waals surface area (Å²) in [5, 5.41) is 4.86. The Labute approximate surface area is 233 Å². The Morgan fingerprint density at radius 2 is 1.93 bits per heavy atom. The van der Waals surface area contributed by atoms with Crippen molar-refractivity contribution in [3.8, 4) is 0 Å². The summed E-state index contributed by atoms with van der Waals surface area (Å²) in [5.74, 6) is 0.688. The molecule has 0 saturated carbocycles. The Balaban J connectivity index is 1.32.